The number of hydrogen-bond acceptors (Lipinski definition) is 2. The lowest BCUT2D eigenvalue weighted by atomic mass is 10.5. The van der Waals surface area contributed by atoms with Gasteiger partial charge in [0.15, 0.2) is 11.0 Å². The molecule has 0 rings (SSSR count). The molecule has 0 saturated carbocycles. The van der Waals surface area contributed by atoms with E-state index in [0.29, 0.717) is 12.8 Å². The molecule has 0 fully saturated rings. The molecule has 58 valence electrons. The first-order valence-electron chi connectivity index (χ1n) is 3.38. The summed E-state index contributed by atoms with van der Waals surface area (Å²) >= 11 is 0. The lowest BCUT2D eigenvalue weighted by molar-refractivity contribution is -0.113. The van der Waals surface area contributed by atoms with E-state index < -0.39 is 7.55 Å². The molecule has 0 aromatic rings. The van der Waals surface area contributed by atoms with Gasteiger partial charge in [-0.1, -0.05) is 20.1 Å². The molecule has 0 heterocycles. The van der Waals surface area contributed by atoms with E-state index in [1.165, 1.54) is 0 Å². The highest BCUT2D eigenvalue weighted by molar-refractivity contribution is 7.87. The van der Waals surface area contributed by atoms with Crippen molar-refractivity contribution >= 4 is 24.9 Å². The van der Waals surface area contributed by atoms with Gasteiger partial charge in [0, 0.05) is 20.4 Å². The van der Waals surface area contributed by atoms with Crippen molar-refractivity contribution in [3.05, 3.63) is 0 Å². The lowest BCUT2D eigenvalue weighted by Gasteiger charge is -1.98. The Morgan fingerprint density at radius 1 is 1.20 bits per heavy atom. The molecular weight excluding hydrogens is 147 g/mol. The van der Waals surface area contributed by atoms with Gasteiger partial charge in [0.05, 0.1) is 0 Å². The van der Waals surface area contributed by atoms with Crippen LogP contribution in [0.15, 0.2) is 0 Å². The van der Waals surface area contributed by atoms with Crippen LogP contribution in [0.5, 0.6) is 0 Å². The molecule has 0 N–H and O–H groups in total. The maximum Gasteiger partial charge on any atom is 0.157 e. The summed E-state index contributed by atoms with van der Waals surface area (Å²) in [6, 6.07) is 0. The van der Waals surface area contributed by atoms with Crippen molar-refractivity contribution in [1.29, 1.82) is 0 Å². The maximum atomic E-state index is 10.9. The van der Waals surface area contributed by atoms with Crippen molar-refractivity contribution in [3.63, 3.8) is 0 Å². The van der Waals surface area contributed by atoms with Gasteiger partial charge in [-0.3, -0.25) is 9.59 Å². The molecule has 3 heteroatoms. The molecule has 0 amide bonds. The zero-order valence-electron chi connectivity index (χ0n) is 6.44. The van der Waals surface area contributed by atoms with Crippen LogP contribution in [0.2, 0.25) is 0 Å². The summed E-state index contributed by atoms with van der Waals surface area (Å²) in [6.45, 7) is 3.53. The topological polar surface area (TPSA) is 34.1 Å². The van der Waals surface area contributed by atoms with Gasteiger partial charge in [-0.25, -0.2) is 0 Å². The van der Waals surface area contributed by atoms with Gasteiger partial charge in [-0.2, -0.15) is 0 Å². The molecule has 2 nitrogen and oxygen atoms in total. The molecule has 0 aliphatic carbocycles. The highest BCUT2D eigenvalue weighted by Crippen LogP contribution is 2.24. The first kappa shape index (κ1) is 9.64. The summed E-state index contributed by atoms with van der Waals surface area (Å²) in [5, 5.41) is 0. The van der Waals surface area contributed by atoms with Crippen molar-refractivity contribution in [2.45, 2.75) is 26.7 Å². The highest BCUT2D eigenvalue weighted by atomic mass is 31.1. The van der Waals surface area contributed by atoms with E-state index in [4.69, 9.17) is 0 Å². The molecule has 0 unspecified atom stereocenters. The average molecular weight is 160 g/mol. The third-order valence-corrected chi connectivity index (χ3v) is 3.37. The standard InChI is InChI=1S/C7H13O2P/c1-4-6(8)10(3)7(9)5-2/h10H,3-5H2,1-2H3. The smallest absolute Gasteiger partial charge is 0.157 e. The van der Waals surface area contributed by atoms with Gasteiger partial charge in [0.2, 0.25) is 0 Å². The zero-order valence-corrected chi connectivity index (χ0v) is 7.44. The molecule has 0 aromatic carbocycles. The fourth-order valence-corrected chi connectivity index (χ4v) is 1.75. The summed E-state index contributed by atoms with van der Waals surface area (Å²) < 4.78 is 0. The summed E-state index contributed by atoms with van der Waals surface area (Å²) in [7, 11) is -1.57. The maximum absolute atomic E-state index is 10.9. The number of carbonyl (C=O) groups excluding carboxylic acids is 2. The number of rotatable bonds is 4. The minimum atomic E-state index is -1.57. The van der Waals surface area contributed by atoms with Crippen molar-refractivity contribution in [2.75, 3.05) is 0 Å². The second-order valence-electron chi connectivity index (χ2n) is 2.03. The van der Waals surface area contributed by atoms with Crippen LogP contribution >= 0.6 is 7.55 Å². The van der Waals surface area contributed by atoms with Crippen LogP contribution in [-0.4, -0.2) is 17.3 Å². The molecule has 0 atom stereocenters. The Bertz CT molecular complexity index is 154. The second-order valence-corrected chi connectivity index (χ2v) is 4.10. The fraction of sp³-hybridized carbons (Fsp3) is 0.571. The van der Waals surface area contributed by atoms with E-state index in [-0.39, 0.29) is 11.0 Å². The van der Waals surface area contributed by atoms with Crippen LogP contribution in [0, 0.1) is 0 Å². The van der Waals surface area contributed by atoms with Crippen LogP contribution in [0.25, 0.3) is 0 Å². The monoisotopic (exact) mass is 160 g/mol. The van der Waals surface area contributed by atoms with E-state index in [9.17, 15) is 9.59 Å². The van der Waals surface area contributed by atoms with E-state index >= 15 is 0 Å². The molecule has 10 heavy (non-hydrogen) atoms. The molecule has 0 aromatic heterocycles. The first-order valence-corrected chi connectivity index (χ1v) is 5.09. The van der Waals surface area contributed by atoms with Gasteiger partial charge in [-0.15, -0.1) is 0 Å². The van der Waals surface area contributed by atoms with E-state index in [2.05, 4.69) is 6.30 Å². The van der Waals surface area contributed by atoms with Gasteiger partial charge in [0.1, 0.15) is 0 Å². The molecular formula is C7H13O2P. The van der Waals surface area contributed by atoms with Crippen LogP contribution in [0.1, 0.15) is 26.7 Å². The van der Waals surface area contributed by atoms with Gasteiger partial charge < -0.3 is 0 Å². The minimum absolute atomic E-state index is 0.0388. The second kappa shape index (κ2) is 4.45. The molecule has 0 aliphatic rings. The summed E-state index contributed by atoms with van der Waals surface area (Å²) in [5.41, 5.74) is 0.0775. The Balaban J connectivity index is 4.09. The molecule has 0 spiro atoms. The quantitative estimate of drug-likeness (QED) is 0.584. The Morgan fingerprint density at radius 3 is 1.70 bits per heavy atom. The summed E-state index contributed by atoms with van der Waals surface area (Å²) in [6.07, 6.45) is 4.48. The normalized spacial score (nSPS) is 9.90. The Kier molecular flexibility index (Phi) is 4.29. The van der Waals surface area contributed by atoms with Crippen molar-refractivity contribution in [3.8, 4) is 0 Å². The van der Waals surface area contributed by atoms with Crippen molar-refractivity contribution in [1.82, 2.24) is 0 Å². The predicted octanol–water partition coefficient (Wildman–Crippen LogP) is 1.51. The Labute approximate surface area is 62.0 Å². The van der Waals surface area contributed by atoms with E-state index in [1.807, 2.05) is 0 Å². The lowest BCUT2D eigenvalue weighted by Crippen LogP contribution is -1.96. The van der Waals surface area contributed by atoms with Crippen LogP contribution in [0.3, 0.4) is 0 Å². The van der Waals surface area contributed by atoms with Crippen molar-refractivity contribution in [2.24, 2.45) is 0 Å². The minimum Gasteiger partial charge on any atom is -0.294 e. The third kappa shape index (κ3) is 2.49. The van der Waals surface area contributed by atoms with Gasteiger partial charge in [0.25, 0.3) is 0 Å². The fourth-order valence-electron chi connectivity index (χ4n) is 0.582. The third-order valence-electron chi connectivity index (χ3n) is 1.32. The van der Waals surface area contributed by atoms with Gasteiger partial charge >= 0.3 is 0 Å². The first-order chi connectivity index (χ1) is 4.63. The largest absolute Gasteiger partial charge is 0.294 e. The SMILES string of the molecule is C=[PH](C(=O)CC)C(=O)CC. The summed E-state index contributed by atoms with van der Waals surface area (Å²) in [4.78, 5) is 21.7. The number of hydrogen-bond donors (Lipinski definition) is 0. The molecule has 0 bridgehead atoms. The predicted molar refractivity (Wildman–Crippen MR) is 46.0 cm³/mol. The van der Waals surface area contributed by atoms with E-state index in [0.717, 1.165) is 0 Å². The highest BCUT2D eigenvalue weighted by Gasteiger charge is 2.08. The summed E-state index contributed by atoms with van der Waals surface area (Å²) in [5.74, 6) is 0. The van der Waals surface area contributed by atoms with Crippen LogP contribution in [-0.2, 0) is 9.59 Å². The Morgan fingerprint density at radius 2 is 1.50 bits per heavy atom. The van der Waals surface area contributed by atoms with Crippen LogP contribution < -0.4 is 0 Å². The number of carbonyl (C=O) groups is 2. The zero-order chi connectivity index (χ0) is 8.15. The van der Waals surface area contributed by atoms with Crippen LogP contribution in [0.4, 0.5) is 0 Å². The van der Waals surface area contributed by atoms with Gasteiger partial charge in [-0.05, 0) is 0 Å². The van der Waals surface area contributed by atoms with E-state index in [1.54, 1.807) is 13.8 Å². The molecule has 0 aliphatic heterocycles. The molecule has 0 radical (unpaired) electrons. The average Bonchev–Trinajstić information content (AvgIpc) is 2.00. The molecule has 0 saturated heterocycles. The Hall–Kier alpha value is -0.360. The van der Waals surface area contributed by atoms with Crippen molar-refractivity contribution < 1.29 is 9.59 Å².